The average molecular weight is 454 g/mol. The Labute approximate surface area is 132 Å². The van der Waals surface area contributed by atoms with E-state index in [2.05, 4.69) is 27.7 Å². The van der Waals surface area contributed by atoms with Crippen molar-refractivity contribution in [2.45, 2.75) is 48.4 Å². The standard InChI is InChI=1S/2C4H9.3H2S.2Sn/c2*1-3-4-2;;;;;/h2*3H,4H2,1-2H3;3*1H2;;. The van der Waals surface area contributed by atoms with Gasteiger partial charge in [-0.2, -0.15) is 40.5 Å². The summed E-state index contributed by atoms with van der Waals surface area (Å²) < 4.78 is 1.95. The van der Waals surface area contributed by atoms with E-state index in [1.54, 1.807) is 45.0 Å². The van der Waals surface area contributed by atoms with Gasteiger partial charge in [0.15, 0.2) is 0 Å². The van der Waals surface area contributed by atoms with Crippen LogP contribution in [0.5, 0.6) is 0 Å². The molecule has 0 aliphatic rings. The predicted octanol–water partition coefficient (Wildman–Crippen LogP) is 3.09. The third-order valence-electron chi connectivity index (χ3n) is 1.22. The minimum Gasteiger partial charge on any atom is -0.197 e. The van der Waals surface area contributed by atoms with E-state index in [0.717, 1.165) is 7.87 Å². The van der Waals surface area contributed by atoms with E-state index in [4.69, 9.17) is 0 Å². The summed E-state index contributed by atoms with van der Waals surface area (Å²) in [7, 11) is 0. The molecule has 0 saturated carbocycles. The molecule has 82 valence electrons. The van der Waals surface area contributed by atoms with E-state index in [-0.39, 0.29) is 40.5 Å². The maximum Gasteiger partial charge on any atom is -0.197 e. The van der Waals surface area contributed by atoms with Crippen LogP contribution in [0.2, 0.25) is 7.87 Å². The largest absolute Gasteiger partial charge is 0.197 e. The molecule has 0 bridgehead atoms. The molecule has 0 aliphatic heterocycles. The van der Waals surface area contributed by atoms with Gasteiger partial charge in [0.05, 0.1) is 0 Å². The maximum absolute atomic E-state index is 2.26. The number of hydrogen-bond donors (Lipinski definition) is 0. The van der Waals surface area contributed by atoms with Gasteiger partial charge in [0.1, 0.15) is 0 Å². The van der Waals surface area contributed by atoms with Gasteiger partial charge in [-0.15, -0.1) is 0 Å². The fraction of sp³-hybridized carbons (Fsp3) is 1.00. The van der Waals surface area contributed by atoms with Crippen LogP contribution in [0.15, 0.2) is 0 Å². The third-order valence-corrected chi connectivity index (χ3v) is 3.56. The van der Waals surface area contributed by atoms with Crippen LogP contribution >= 0.6 is 40.5 Å². The predicted molar refractivity (Wildman–Crippen MR) is 82.1 cm³/mol. The molecule has 0 fully saturated rings. The normalized spacial score (nSPS) is 11.5. The molecule has 0 amide bonds. The molecule has 0 rings (SSSR count). The Morgan fingerprint density at radius 1 is 0.769 bits per heavy atom. The second kappa shape index (κ2) is 24.1. The van der Waals surface area contributed by atoms with Gasteiger partial charge in [-0.05, 0) is 0 Å². The van der Waals surface area contributed by atoms with E-state index in [1.165, 1.54) is 12.8 Å². The molecule has 5 heteroatoms. The molecular formula is C8H24S3Sn2. The zero-order valence-corrected chi connectivity index (χ0v) is 17.8. The molecule has 0 aromatic carbocycles. The smallest absolute Gasteiger partial charge is 0.197 e. The van der Waals surface area contributed by atoms with Gasteiger partial charge in [0.25, 0.3) is 0 Å². The summed E-state index contributed by atoms with van der Waals surface area (Å²) in [6.45, 7) is 8.97. The monoisotopic (exact) mass is 456 g/mol. The zero-order chi connectivity index (χ0) is 8.57. The molecule has 0 heterocycles. The van der Waals surface area contributed by atoms with Gasteiger partial charge in [0, 0.05) is 0 Å². The van der Waals surface area contributed by atoms with Crippen molar-refractivity contribution in [1.29, 1.82) is 0 Å². The third kappa shape index (κ3) is 53.0. The summed E-state index contributed by atoms with van der Waals surface area (Å²) >= 11 is 3.34. The molecule has 0 spiro atoms. The number of rotatable bonds is 2. The maximum atomic E-state index is 2.26. The molecule has 0 saturated heterocycles. The second-order valence-electron chi connectivity index (χ2n) is 2.62. The Morgan fingerprint density at radius 3 is 0.846 bits per heavy atom. The van der Waals surface area contributed by atoms with Gasteiger partial charge in [0.2, 0.25) is 0 Å². The molecule has 2 unspecified atom stereocenters. The zero-order valence-electron chi connectivity index (χ0n) is 9.07. The van der Waals surface area contributed by atoms with Crippen LogP contribution in [0.4, 0.5) is 0 Å². The van der Waals surface area contributed by atoms with Crippen molar-refractivity contribution in [2.75, 3.05) is 0 Å². The minimum atomic E-state index is 0. The van der Waals surface area contributed by atoms with Crippen molar-refractivity contribution in [2.24, 2.45) is 0 Å². The van der Waals surface area contributed by atoms with Crippen molar-refractivity contribution in [3.63, 3.8) is 0 Å². The first-order valence-electron chi connectivity index (χ1n) is 3.96. The van der Waals surface area contributed by atoms with E-state index in [1.807, 2.05) is 0 Å². The van der Waals surface area contributed by atoms with E-state index in [9.17, 15) is 0 Å². The van der Waals surface area contributed by atoms with Gasteiger partial charge >= 0.3 is 93.5 Å². The molecule has 13 heavy (non-hydrogen) atoms. The summed E-state index contributed by atoms with van der Waals surface area (Å²) in [5.41, 5.74) is 0. The fourth-order valence-electron chi connectivity index (χ4n) is 0. The van der Waals surface area contributed by atoms with Crippen LogP contribution in [0, 0.1) is 0 Å². The Kier molecular flexibility index (Phi) is 54.8. The quantitative estimate of drug-likeness (QED) is 0.564. The first-order valence-corrected chi connectivity index (χ1v) is 7.26. The van der Waals surface area contributed by atoms with Crippen molar-refractivity contribution in [3.8, 4) is 0 Å². The average Bonchev–Trinajstić information content (AvgIpc) is 1.89. The van der Waals surface area contributed by atoms with Crippen LogP contribution in [-0.4, -0.2) is 45.0 Å². The van der Waals surface area contributed by atoms with Crippen molar-refractivity contribution in [3.05, 3.63) is 0 Å². The molecule has 0 aromatic rings. The molecule has 0 nitrogen and oxygen atoms in total. The second-order valence-corrected chi connectivity index (χ2v) is 8.24. The first-order chi connectivity index (χ1) is 4.54. The van der Waals surface area contributed by atoms with Crippen molar-refractivity contribution in [1.82, 2.24) is 0 Å². The van der Waals surface area contributed by atoms with E-state index in [0.29, 0.717) is 0 Å². The SMILES string of the molecule is CC[CH](C)[Sn].CC[CH](C)[Sn].S.S.S. The topological polar surface area (TPSA) is 0 Å². The Hall–Kier alpha value is 2.65. The summed E-state index contributed by atoms with van der Waals surface area (Å²) in [6, 6.07) is 0. The van der Waals surface area contributed by atoms with E-state index < -0.39 is 0 Å². The van der Waals surface area contributed by atoms with Crippen LogP contribution in [0.3, 0.4) is 0 Å². The number of hydrogen-bond acceptors (Lipinski definition) is 0. The van der Waals surface area contributed by atoms with Gasteiger partial charge in [-0.1, -0.05) is 0 Å². The minimum absolute atomic E-state index is 0. The van der Waals surface area contributed by atoms with Gasteiger partial charge < -0.3 is 0 Å². The van der Waals surface area contributed by atoms with Gasteiger partial charge in [-0.3, -0.25) is 0 Å². The summed E-state index contributed by atoms with van der Waals surface area (Å²) in [6.07, 6.45) is 2.69. The first kappa shape index (κ1) is 29.6. The summed E-state index contributed by atoms with van der Waals surface area (Å²) in [5.74, 6) is 0. The molecule has 0 aliphatic carbocycles. The Morgan fingerprint density at radius 2 is 0.846 bits per heavy atom. The molecule has 0 aromatic heterocycles. The van der Waals surface area contributed by atoms with Crippen LogP contribution < -0.4 is 0 Å². The molecular weight excluding hydrogens is 430 g/mol. The molecule has 6 radical (unpaired) electrons. The van der Waals surface area contributed by atoms with E-state index >= 15 is 0 Å². The summed E-state index contributed by atoms with van der Waals surface area (Å²) in [4.78, 5) is 0. The Bertz CT molecular complexity index is 53.4. The summed E-state index contributed by atoms with van der Waals surface area (Å²) in [5, 5.41) is 0. The molecule has 2 atom stereocenters. The Balaban J connectivity index is -0.0000000267. The molecule has 0 N–H and O–H groups in total. The van der Waals surface area contributed by atoms with Crippen molar-refractivity contribution < 1.29 is 0 Å². The van der Waals surface area contributed by atoms with Crippen molar-refractivity contribution >= 4 is 85.5 Å². The van der Waals surface area contributed by atoms with Crippen LogP contribution in [-0.2, 0) is 0 Å². The van der Waals surface area contributed by atoms with Crippen LogP contribution in [0.1, 0.15) is 40.5 Å². The van der Waals surface area contributed by atoms with Gasteiger partial charge in [-0.25, -0.2) is 0 Å². The van der Waals surface area contributed by atoms with Crippen LogP contribution in [0.25, 0.3) is 0 Å². The fourth-order valence-corrected chi connectivity index (χ4v) is 0.